The van der Waals surface area contributed by atoms with Crippen molar-refractivity contribution in [2.75, 3.05) is 10.6 Å². The summed E-state index contributed by atoms with van der Waals surface area (Å²) in [5.74, 6) is -4.41. The highest BCUT2D eigenvalue weighted by Crippen LogP contribution is 2.33. The summed E-state index contributed by atoms with van der Waals surface area (Å²) in [4.78, 5) is 54.3. The van der Waals surface area contributed by atoms with Gasteiger partial charge in [-0.3, -0.25) is 19.2 Å². The lowest BCUT2D eigenvalue weighted by Crippen LogP contribution is -2.22. The fourth-order valence-electron chi connectivity index (χ4n) is 3.73. The Kier molecular flexibility index (Phi) is 12.7. The highest BCUT2D eigenvalue weighted by molar-refractivity contribution is 7.17. The van der Waals surface area contributed by atoms with E-state index in [0.717, 1.165) is 22.7 Å². The van der Waals surface area contributed by atoms with Crippen molar-refractivity contribution in [3.8, 4) is 34.7 Å². The number of nitriles is 2. The van der Waals surface area contributed by atoms with E-state index in [9.17, 15) is 29.7 Å². The third-order valence-electron chi connectivity index (χ3n) is 5.97. The molecule has 12 nitrogen and oxygen atoms in total. The van der Waals surface area contributed by atoms with E-state index in [-0.39, 0.29) is 23.1 Å². The van der Waals surface area contributed by atoms with E-state index in [0.29, 0.717) is 42.3 Å². The van der Waals surface area contributed by atoms with Gasteiger partial charge in [-0.1, -0.05) is 84.0 Å². The van der Waals surface area contributed by atoms with Crippen molar-refractivity contribution in [3.05, 3.63) is 68.3 Å². The van der Waals surface area contributed by atoms with Crippen molar-refractivity contribution >= 4 is 79.9 Å². The number of thiazole rings is 2. The van der Waals surface area contributed by atoms with Crippen LogP contribution in [0.2, 0.25) is 10.0 Å². The summed E-state index contributed by atoms with van der Waals surface area (Å²) in [5, 5.41) is 42.5. The van der Waals surface area contributed by atoms with E-state index in [2.05, 4.69) is 20.6 Å². The number of amides is 2. The average molecular weight is 700 g/mol. The molecule has 2 aromatic carbocycles. The van der Waals surface area contributed by atoms with E-state index in [4.69, 9.17) is 33.4 Å². The lowest BCUT2D eigenvalue weighted by Gasteiger charge is -2.07. The first-order valence-electron chi connectivity index (χ1n) is 13.2. The van der Waals surface area contributed by atoms with Gasteiger partial charge in [-0.25, -0.2) is 9.97 Å². The Bertz CT molecular complexity index is 1730. The van der Waals surface area contributed by atoms with Crippen molar-refractivity contribution in [2.45, 2.75) is 26.7 Å². The number of nitrogens with zero attached hydrogens (tertiary/aromatic N) is 4. The first kappa shape index (κ1) is 35.6. The minimum Gasteiger partial charge on any atom is -0.481 e. The van der Waals surface area contributed by atoms with Crippen molar-refractivity contribution in [1.29, 1.82) is 10.5 Å². The Hall–Kier alpha value is -4.86. The Morgan fingerprint density at radius 2 is 1.13 bits per heavy atom. The molecule has 2 heterocycles. The van der Waals surface area contributed by atoms with Gasteiger partial charge < -0.3 is 20.8 Å². The van der Waals surface area contributed by atoms with Gasteiger partial charge in [0.25, 0.3) is 0 Å². The molecular formula is C30H24Cl2N6O6S2. The molecule has 2 atom stereocenters. The summed E-state index contributed by atoms with van der Waals surface area (Å²) in [6.45, 7) is 3.03. The van der Waals surface area contributed by atoms with E-state index in [1.54, 1.807) is 48.5 Å². The maximum Gasteiger partial charge on any atom is 0.304 e. The Balaban J connectivity index is 0.000000250. The molecule has 46 heavy (non-hydrogen) atoms. The van der Waals surface area contributed by atoms with E-state index < -0.39 is 35.6 Å². The maximum absolute atomic E-state index is 11.9. The molecule has 0 radical (unpaired) electrons. The van der Waals surface area contributed by atoms with Crippen LogP contribution in [0.5, 0.6) is 0 Å². The first-order chi connectivity index (χ1) is 21.8. The number of carboxylic acids is 2. The fraction of sp³-hybridized carbons (Fsp3) is 0.200. The number of benzene rings is 2. The number of rotatable bonds is 10. The Labute approximate surface area is 280 Å². The van der Waals surface area contributed by atoms with Crippen LogP contribution in [0.1, 0.15) is 36.4 Å². The lowest BCUT2D eigenvalue weighted by atomic mass is 10.1. The molecule has 0 saturated heterocycles. The Morgan fingerprint density at radius 3 is 1.43 bits per heavy atom. The van der Waals surface area contributed by atoms with Gasteiger partial charge in [0.2, 0.25) is 11.8 Å². The minimum atomic E-state index is -1.05. The summed E-state index contributed by atoms with van der Waals surface area (Å²) in [7, 11) is 0. The molecule has 0 aliphatic rings. The third-order valence-corrected chi connectivity index (χ3v) is 8.19. The van der Waals surface area contributed by atoms with Crippen molar-refractivity contribution in [2.24, 2.45) is 11.8 Å². The predicted octanol–water partition coefficient (Wildman–Crippen LogP) is 6.77. The highest BCUT2D eigenvalue weighted by atomic mass is 35.5. The monoisotopic (exact) mass is 698 g/mol. The zero-order valence-corrected chi connectivity index (χ0v) is 27.2. The number of hydrogen-bond donors (Lipinski definition) is 4. The number of carbonyl (C=O) groups excluding carboxylic acids is 2. The molecule has 0 unspecified atom stereocenters. The molecule has 0 saturated carbocycles. The molecular weight excluding hydrogens is 675 g/mol. The van der Waals surface area contributed by atoms with E-state index in [1.165, 1.54) is 13.8 Å². The van der Waals surface area contributed by atoms with Gasteiger partial charge in [0, 0.05) is 33.0 Å². The maximum atomic E-state index is 11.9. The van der Waals surface area contributed by atoms with Crippen LogP contribution in [0.4, 0.5) is 10.3 Å². The molecule has 0 aliphatic carbocycles. The largest absolute Gasteiger partial charge is 0.481 e. The Morgan fingerprint density at radius 1 is 0.761 bits per heavy atom. The second-order valence-corrected chi connectivity index (χ2v) is 12.5. The van der Waals surface area contributed by atoms with Crippen LogP contribution in [0.15, 0.2) is 48.5 Å². The molecule has 4 aromatic rings. The number of carbonyl (C=O) groups is 4. The number of anilines is 2. The molecule has 0 fully saturated rings. The normalized spacial score (nSPS) is 11.5. The SMILES string of the molecule is C[C@@H](CC(=O)O)C(=O)Nc1nc(-c2cccc(Cl)c2)c(C#N)s1.C[C@H](CC(=O)O)C(=O)Nc1nc(-c2cccc(Cl)c2)c(C#N)s1. The summed E-state index contributed by atoms with van der Waals surface area (Å²) >= 11 is 13.9. The lowest BCUT2D eigenvalue weighted by molar-refractivity contribution is -0.140. The molecule has 4 N–H and O–H groups in total. The van der Waals surface area contributed by atoms with E-state index >= 15 is 0 Å². The fourth-order valence-corrected chi connectivity index (χ4v) is 5.68. The molecule has 4 rings (SSSR count). The predicted molar refractivity (Wildman–Crippen MR) is 175 cm³/mol. The molecule has 16 heteroatoms. The zero-order chi connectivity index (χ0) is 34.0. The van der Waals surface area contributed by atoms with Gasteiger partial charge >= 0.3 is 11.9 Å². The number of halogens is 2. The number of aromatic nitrogens is 2. The van der Waals surface area contributed by atoms with Gasteiger partial charge in [0.1, 0.15) is 33.3 Å². The minimum absolute atomic E-state index is 0.249. The smallest absolute Gasteiger partial charge is 0.304 e. The number of carboxylic acid groups (broad SMARTS) is 2. The van der Waals surface area contributed by atoms with Crippen LogP contribution in [-0.2, 0) is 19.2 Å². The highest BCUT2D eigenvalue weighted by Gasteiger charge is 2.21. The van der Waals surface area contributed by atoms with Gasteiger partial charge in [0.05, 0.1) is 12.8 Å². The average Bonchev–Trinajstić information content (AvgIpc) is 3.60. The molecule has 0 aliphatic heterocycles. The van der Waals surface area contributed by atoms with Crippen LogP contribution in [0.25, 0.3) is 22.5 Å². The van der Waals surface area contributed by atoms with Crippen molar-refractivity contribution in [1.82, 2.24) is 9.97 Å². The third kappa shape index (κ3) is 10.1. The van der Waals surface area contributed by atoms with E-state index in [1.807, 2.05) is 12.1 Å². The zero-order valence-electron chi connectivity index (χ0n) is 24.1. The number of aliphatic carboxylic acids is 2. The molecule has 0 bridgehead atoms. The number of nitrogens with one attached hydrogen (secondary N) is 2. The van der Waals surface area contributed by atoms with Crippen LogP contribution in [0, 0.1) is 34.5 Å². The van der Waals surface area contributed by atoms with Crippen molar-refractivity contribution < 1.29 is 29.4 Å². The molecule has 2 amide bonds. The molecule has 236 valence electrons. The molecule has 2 aromatic heterocycles. The van der Waals surface area contributed by atoms with Gasteiger partial charge in [-0.2, -0.15) is 10.5 Å². The summed E-state index contributed by atoms with van der Waals surface area (Å²) in [6, 6.07) is 17.9. The van der Waals surface area contributed by atoms with Gasteiger partial charge in [-0.15, -0.1) is 0 Å². The second kappa shape index (κ2) is 16.5. The van der Waals surface area contributed by atoms with Crippen LogP contribution >= 0.6 is 45.9 Å². The molecule has 0 spiro atoms. The summed E-state index contributed by atoms with van der Waals surface area (Å²) in [6.07, 6.45) is -0.549. The summed E-state index contributed by atoms with van der Waals surface area (Å²) < 4.78 is 0. The standard InChI is InChI=1S/2C15H12ClN3O3S/c2*1-8(5-12(20)21)14(22)19-15-18-13(11(7-17)23-15)9-3-2-4-10(16)6-9/h2*2-4,6,8H,5H2,1H3,(H,20,21)(H,18,19,22)/t2*8-/m10/s1. The summed E-state index contributed by atoms with van der Waals surface area (Å²) in [5.41, 5.74) is 2.20. The van der Waals surface area contributed by atoms with Crippen LogP contribution in [0.3, 0.4) is 0 Å². The van der Waals surface area contributed by atoms with Crippen LogP contribution in [-0.4, -0.2) is 43.9 Å². The number of hydrogen-bond acceptors (Lipinski definition) is 10. The topological polar surface area (TPSA) is 206 Å². The van der Waals surface area contributed by atoms with Gasteiger partial charge in [-0.05, 0) is 24.3 Å². The van der Waals surface area contributed by atoms with Gasteiger partial charge in [0.15, 0.2) is 10.3 Å². The van der Waals surface area contributed by atoms with Crippen LogP contribution < -0.4 is 10.6 Å². The van der Waals surface area contributed by atoms with Crippen molar-refractivity contribution in [3.63, 3.8) is 0 Å². The quantitative estimate of drug-likeness (QED) is 0.137. The second-order valence-electron chi connectivity index (χ2n) is 9.61. The first-order valence-corrected chi connectivity index (χ1v) is 15.6.